The molecule has 0 saturated heterocycles. The number of nitrogens with two attached hydrogens (primary N) is 2. The first-order chi connectivity index (χ1) is 12.3. The fraction of sp³-hybridized carbons (Fsp3) is 0.389. The summed E-state index contributed by atoms with van der Waals surface area (Å²) in [5, 5.41) is 5.59. The predicted octanol–water partition coefficient (Wildman–Crippen LogP) is 2.67. The van der Waals surface area contributed by atoms with Gasteiger partial charge < -0.3 is 16.8 Å². The molecule has 0 fully saturated rings. The van der Waals surface area contributed by atoms with Crippen molar-refractivity contribution in [1.82, 2.24) is 10.3 Å². The molecule has 0 aliphatic carbocycles. The first kappa shape index (κ1) is 20.4. The third-order valence-corrected chi connectivity index (χ3v) is 5.03. The van der Waals surface area contributed by atoms with Crippen molar-refractivity contribution >= 4 is 34.8 Å². The molecule has 2 atom stereocenters. The van der Waals surface area contributed by atoms with Crippen molar-refractivity contribution in [2.75, 3.05) is 0 Å². The third-order valence-electron chi connectivity index (χ3n) is 3.80. The molecule has 0 spiro atoms. The van der Waals surface area contributed by atoms with Gasteiger partial charge in [-0.15, -0.1) is 11.3 Å². The molecule has 0 aliphatic rings. The maximum Gasteiger partial charge on any atom is 0.271 e. The van der Waals surface area contributed by atoms with Gasteiger partial charge in [0.25, 0.3) is 5.91 Å². The van der Waals surface area contributed by atoms with Crippen molar-refractivity contribution in [3.63, 3.8) is 0 Å². The van der Waals surface area contributed by atoms with Gasteiger partial charge in [-0.1, -0.05) is 37.6 Å². The van der Waals surface area contributed by atoms with Crippen LogP contribution in [0.2, 0.25) is 5.02 Å². The molecule has 2 unspecified atom stereocenters. The summed E-state index contributed by atoms with van der Waals surface area (Å²) in [6, 6.07) is 5.98. The number of carbonyl (C=O) groups is 2. The normalized spacial score (nSPS) is 13.4. The molecule has 2 amide bonds. The van der Waals surface area contributed by atoms with Crippen LogP contribution >= 0.6 is 22.9 Å². The number of rotatable bonds is 8. The molecule has 140 valence electrons. The van der Waals surface area contributed by atoms with Gasteiger partial charge in [-0.2, -0.15) is 0 Å². The summed E-state index contributed by atoms with van der Waals surface area (Å²) in [5.74, 6) is -0.618. The maximum atomic E-state index is 12.4. The molecule has 6 nitrogen and oxygen atoms in total. The topological polar surface area (TPSA) is 111 Å². The van der Waals surface area contributed by atoms with E-state index in [0.29, 0.717) is 15.9 Å². The molecule has 2 rings (SSSR count). The standard InChI is InChI=1S/C18H23ClN4O2S/c1-10(2)7-13(20)18-23-15(9-26-18)17(25)22-14(16(21)24)8-11-3-5-12(19)6-4-11/h3-6,9-10,13-14H,7-8,20H2,1-2H3,(H2,21,24)(H,22,25). The Morgan fingerprint density at radius 1 is 1.27 bits per heavy atom. The summed E-state index contributed by atoms with van der Waals surface area (Å²) in [5.41, 5.74) is 12.6. The minimum atomic E-state index is -0.835. The van der Waals surface area contributed by atoms with E-state index in [-0.39, 0.29) is 18.2 Å². The average Bonchev–Trinajstić information content (AvgIpc) is 3.05. The Kier molecular flexibility index (Phi) is 7.14. The van der Waals surface area contributed by atoms with Crippen LogP contribution in [0, 0.1) is 5.92 Å². The van der Waals surface area contributed by atoms with E-state index in [1.54, 1.807) is 29.6 Å². The van der Waals surface area contributed by atoms with E-state index in [1.165, 1.54) is 11.3 Å². The fourth-order valence-corrected chi connectivity index (χ4v) is 3.42. The number of benzene rings is 1. The van der Waals surface area contributed by atoms with Crippen LogP contribution in [0.5, 0.6) is 0 Å². The second kappa shape index (κ2) is 9.12. The van der Waals surface area contributed by atoms with Crippen molar-refractivity contribution < 1.29 is 9.59 Å². The van der Waals surface area contributed by atoms with Crippen molar-refractivity contribution in [3.05, 3.63) is 50.9 Å². The summed E-state index contributed by atoms with van der Waals surface area (Å²) < 4.78 is 0. The molecule has 8 heteroatoms. The van der Waals surface area contributed by atoms with Gasteiger partial charge in [0, 0.05) is 16.8 Å². The molecule has 26 heavy (non-hydrogen) atoms. The second-order valence-corrected chi connectivity index (χ2v) is 7.89. The van der Waals surface area contributed by atoms with Crippen LogP contribution in [0.3, 0.4) is 0 Å². The number of halogens is 1. The van der Waals surface area contributed by atoms with Crippen LogP contribution in [0.25, 0.3) is 0 Å². The number of hydrogen-bond acceptors (Lipinski definition) is 5. The third kappa shape index (κ3) is 5.79. The molecule has 1 heterocycles. The van der Waals surface area contributed by atoms with Crippen LogP contribution in [0.1, 0.15) is 47.4 Å². The minimum Gasteiger partial charge on any atom is -0.368 e. The van der Waals surface area contributed by atoms with E-state index in [1.807, 2.05) is 0 Å². The molecule has 0 aliphatic heterocycles. The molecule has 0 radical (unpaired) electrons. The van der Waals surface area contributed by atoms with Crippen molar-refractivity contribution in [2.24, 2.45) is 17.4 Å². The second-order valence-electron chi connectivity index (χ2n) is 6.57. The first-order valence-electron chi connectivity index (χ1n) is 8.32. The molecule has 1 aromatic carbocycles. The number of aromatic nitrogens is 1. The average molecular weight is 395 g/mol. The summed E-state index contributed by atoms with van der Waals surface area (Å²) >= 11 is 7.20. The van der Waals surface area contributed by atoms with Gasteiger partial charge in [0.15, 0.2) is 0 Å². The Bertz CT molecular complexity index is 761. The zero-order chi connectivity index (χ0) is 19.3. The Morgan fingerprint density at radius 3 is 2.50 bits per heavy atom. The summed E-state index contributed by atoms with van der Waals surface area (Å²) in [6.45, 7) is 4.16. The zero-order valence-corrected chi connectivity index (χ0v) is 16.3. The molecule has 5 N–H and O–H groups in total. The zero-order valence-electron chi connectivity index (χ0n) is 14.7. The SMILES string of the molecule is CC(C)CC(N)c1nc(C(=O)NC(Cc2ccc(Cl)cc2)C(N)=O)cs1. The molecular weight excluding hydrogens is 372 g/mol. The number of nitrogens with one attached hydrogen (secondary N) is 1. The lowest BCUT2D eigenvalue weighted by Crippen LogP contribution is -2.46. The highest BCUT2D eigenvalue weighted by Gasteiger charge is 2.22. The molecule has 1 aromatic heterocycles. The van der Waals surface area contributed by atoms with E-state index in [0.717, 1.165) is 12.0 Å². The lowest BCUT2D eigenvalue weighted by Gasteiger charge is -2.15. The number of hydrogen-bond donors (Lipinski definition) is 3. The van der Waals surface area contributed by atoms with E-state index in [9.17, 15) is 9.59 Å². The molecule has 2 aromatic rings. The Labute approximate surface area is 161 Å². The predicted molar refractivity (Wildman–Crippen MR) is 104 cm³/mol. The first-order valence-corrected chi connectivity index (χ1v) is 9.57. The molecular formula is C18H23ClN4O2S. The van der Waals surface area contributed by atoms with Crippen LogP contribution in [0.4, 0.5) is 0 Å². The van der Waals surface area contributed by atoms with E-state index >= 15 is 0 Å². The number of primary amides is 1. The van der Waals surface area contributed by atoms with E-state index in [4.69, 9.17) is 23.1 Å². The fourth-order valence-electron chi connectivity index (χ4n) is 2.48. The van der Waals surface area contributed by atoms with Crippen molar-refractivity contribution in [3.8, 4) is 0 Å². The summed E-state index contributed by atoms with van der Waals surface area (Å²) in [7, 11) is 0. The van der Waals surface area contributed by atoms with Gasteiger partial charge in [0.05, 0.1) is 6.04 Å². The summed E-state index contributed by atoms with van der Waals surface area (Å²) in [4.78, 5) is 28.4. The van der Waals surface area contributed by atoms with Gasteiger partial charge in [0.2, 0.25) is 5.91 Å². The summed E-state index contributed by atoms with van der Waals surface area (Å²) in [6.07, 6.45) is 1.07. The highest BCUT2D eigenvalue weighted by atomic mass is 35.5. The van der Waals surface area contributed by atoms with Crippen LogP contribution < -0.4 is 16.8 Å². The van der Waals surface area contributed by atoms with Crippen molar-refractivity contribution in [1.29, 1.82) is 0 Å². The van der Waals surface area contributed by atoms with Crippen LogP contribution in [0.15, 0.2) is 29.6 Å². The number of carbonyl (C=O) groups excluding carboxylic acids is 2. The van der Waals surface area contributed by atoms with Gasteiger partial charge in [-0.05, 0) is 30.0 Å². The van der Waals surface area contributed by atoms with Gasteiger partial charge >= 0.3 is 0 Å². The maximum absolute atomic E-state index is 12.4. The Hall–Kier alpha value is -1.96. The smallest absolute Gasteiger partial charge is 0.271 e. The molecule has 0 saturated carbocycles. The minimum absolute atomic E-state index is 0.206. The van der Waals surface area contributed by atoms with Gasteiger partial charge in [-0.25, -0.2) is 4.98 Å². The molecule has 0 bridgehead atoms. The highest BCUT2D eigenvalue weighted by Crippen LogP contribution is 2.22. The monoisotopic (exact) mass is 394 g/mol. The van der Waals surface area contributed by atoms with Gasteiger partial charge in [0.1, 0.15) is 16.7 Å². The number of thiazole rings is 1. The van der Waals surface area contributed by atoms with E-state index < -0.39 is 17.9 Å². The Morgan fingerprint density at radius 2 is 1.92 bits per heavy atom. The number of amides is 2. The number of nitrogens with zero attached hydrogens (tertiary/aromatic N) is 1. The largest absolute Gasteiger partial charge is 0.368 e. The van der Waals surface area contributed by atoms with Gasteiger partial charge in [-0.3, -0.25) is 9.59 Å². The van der Waals surface area contributed by atoms with E-state index in [2.05, 4.69) is 24.1 Å². The van der Waals surface area contributed by atoms with Crippen molar-refractivity contribution in [2.45, 2.75) is 38.8 Å². The quantitative estimate of drug-likeness (QED) is 0.639. The van der Waals surface area contributed by atoms with Crippen LogP contribution in [-0.2, 0) is 11.2 Å². The Balaban J connectivity index is 2.04. The highest BCUT2D eigenvalue weighted by molar-refractivity contribution is 7.09. The lowest BCUT2D eigenvalue weighted by atomic mass is 10.1. The van der Waals surface area contributed by atoms with Crippen LogP contribution in [-0.4, -0.2) is 22.8 Å². The lowest BCUT2D eigenvalue weighted by molar-refractivity contribution is -0.119.